The fraction of sp³-hybridized carbons (Fsp3) is 0.667. The fourth-order valence-electron chi connectivity index (χ4n) is 3.14. The summed E-state index contributed by atoms with van der Waals surface area (Å²) in [6.45, 7) is 5.39. The average molecular weight is 301 g/mol. The van der Waals surface area contributed by atoms with Crippen LogP contribution in [0.25, 0.3) is 0 Å². The fourth-order valence-corrected chi connectivity index (χ4v) is 3.64. The van der Waals surface area contributed by atoms with Crippen LogP contribution in [0.15, 0.2) is 12.3 Å². The lowest BCUT2D eigenvalue weighted by atomic mass is 9.77. The Bertz CT molecular complexity index is 423. The normalized spacial score (nSPS) is 25.3. The molecule has 0 aromatic carbocycles. The van der Waals surface area contributed by atoms with Crippen LogP contribution < -0.4 is 5.32 Å². The van der Waals surface area contributed by atoms with E-state index in [0.29, 0.717) is 16.0 Å². The van der Waals surface area contributed by atoms with E-state index in [0.717, 1.165) is 18.2 Å². The molecule has 3 atom stereocenters. The summed E-state index contributed by atoms with van der Waals surface area (Å²) in [4.78, 5) is 4.47. The first kappa shape index (κ1) is 15.1. The number of nitrogens with zero attached hydrogens (tertiary/aromatic N) is 1. The van der Waals surface area contributed by atoms with Gasteiger partial charge in [0.2, 0.25) is 0 Å². The third-order valence-electron chi connectivity index (χ3n) is 4.00. The Morgan fingerprint density at radius 1 is 1.42 bits per heavy atom. The van der Waals surface area contributed by atoms with Crippen LogP contribution in [0, 0.1) is 11.8 Å². The molecule has 1 N–H and O–H groups in total. The van der Waals surface area contributed by atoms with Crippen molar-refractivity contribution in [3.63, 3.8) is 0 Å². The first-order valence-electron chi connectivity index (χ1n) is 7.16. The molecule has 2 nitrogen and oxygen atoms in total. The van der Waals surface area contributed by atoms with E-state index in [9.17, 15) is 0 Å². The molecule has 0 saturated heterocycles. The monoisotopic (exact) mass is 300 g/mol. The van der Waals surface area contributed by atoms with Crippen LogP contribution in [0.2, 0.25) is 10.0 Å². The summed E-state index contributed by atoms with van der Waals surface area (Å²) in [7, 11) is 0. The van der Waals surface area contributed by atoms with Crippen molar-refractivity contribution >= 4 is 23.2 Å². The van der Waals surface area contributed by atoms with Crippen molar-refractivity contribution in [1.82, 2.24) is 10.3 Å². The number of pyridine rings is 1. The van der Waals surface area contributed by atoms with Crippen molar-refractivity contribution in [1.29, 1.82) is 0 Å². The number of halogens is 2. The average Bonchev–Trinajstić information content (AvgIpc) is 2.37. The maximum Gasteiger partial charge on any atom is 0.0762 e. The second-order valence-corrected chi connectivity index (χ2v) is 6.43. The predicted molar refractivity (Wildman–Crippen MR) is 81.8 cm³/mol. The smallest absolute Gasteiger partial charge is 0.0762 e. The summed E-state index contributed by atoms with van der Waals surface area (Å²) in [5, 5.41) is 4.84. The van der Waals surface area contributed by atoms with Crippen LogP contribution in [0.4, 0.5) is 0 Å². The Morgan fingerprint density at radius 2 is 2.21 bits per heavy atom. The Labute approximate surface area is 125 Å². The third-order valence-corrected chi connectivity index (χ3v) is 4.51. The number of aromatic nitrogens is 1. The lowest BCUT2D eigenvalue weighted by Crippen LogP contribution is -2.32. The minimum Gasteiger partial charge on any atom is -0.309 e. The van der Waals surface area contributed by atoms with E-state index in [2.05, 4.69) is 24.1 Å². The summed E-state index contributed by atoms with van der Waals surface area (Å²) in [6, 6.07) is 2.04. The van der Waals surface area contributed by atoms with Crippen molar-refractivity contribution in [3.05, 3.63) is 28.0 Å². The van der Waals surface area contributed by atoms with Crippen LogP contribution in [0.3, 0.4) is 0 Å². The molecule has 1 aliphatic rings. The molecule has 19 heavy (non-hydrogen) atoms. The summed E-state index contributed by atoms with van der Waals surface area (Å²) < 4.78 is 0. The number of nitrogens with one attached hydrogen (secondary N) is 1. The van der Waals surface area contributed by atoms with Gasteiger partial charge < -0.3 is 5.32 Å². The molecule has 4 heteroatoms. The van der Waals surface area contributed by atoms with Crippen LogP contribution in [0.5, 0.6) is 0 Å². The molecule has 0 aliphatic heterocycles. The summed E-state index contributed by atoms with van der Waals surface area (Å²) >= 11 is 12.3. The first-order valence-corrected chi connectivity index (χ1v) is 7.91. The molecular weight excluding hydrogens is 279 g/mol. The lowest BCUT2D eigenvalue weighted by molar-refractivity contribution is 0.222. The number of hydrogen-bond donors (Lipinski definition) is 1. The van der Waals surface area contributed by atoms with Gasteiger partial charge in [-0.2, -0.15) is 0 Å². The molecule has 2 rings (SSSR count). The van der Waals surface area contributed by atoms with Crippen molar-refractivity contribution in [2.45, 2.75) is 45.6 Å². The van der Waals surface area contributed by atoms with E-state index >= 15 is 0 Å². The van der Waals surface area contributed by atoms with Gasteiger partial charge in [-0.15, -0.1) is 0 Å². The topological polar surface area (TPSA) is 24.9 Å². The number of rotatable bonds is 4. The van der Waals surface area contributed by atoms with Gasteiger partial charge in [-0.1, -0.05) is 49.9 Å². The summed E-state index contributed by atoms with van der Waals surface area (Å²) in [5.74, 6) is 1.42. The SMILES string of the molecule is CCNC(c1ncc(Cl)cc1Cl)C1CCCC(C)C1. The van der Waals surface area contributed by atoms with Gasteiger partial charge in [0.1, 0.15) is 0 Å². The predicted octanol–water partition coefficient (Wildman–Crippen LogP) is 4.87. The zero-order valence-electron chi connectivity index (χ0n) is 11.6. The van der Waals surface area contributed by atoms with Gasteiger partial charge in [0.25, 0.3) is 0 Å². The quantitative estimate of drug-likeness (QED) is 0.858. The Balaban J connectivity index is 2.23. The van der Waals surface area contributed by atoms with E-state index in [1.54, 1.807) is 12.3 Å². The Hall–Kier alpha value is -0.310. The van der Waals surface area contributed by atoms with Crippen LogP contribution in [-0.4, -0.2) is 11.5 Å². The maximum absolute atomic E-state index is 6.33. The van der Waals surface area contributed by atoms with E-state index in [-0.39, 0.29) is 6.04 Å². The molecule has 3 unspecified atom stereocenters. The van der Waals surface area contributed by atoms with Gasteiger partial charge in [-0.3, -0.25) is 4.98 Å². The molecule has 1 heterocycles. The number of hydrogen-bond acceptors (Lipinski definition) is 2. The molecule has 0 spiro atoms. The molecular formula is C15H22Cl2N2. The van der Waals surface area contributed by atoms with E-state index in [1.807, 2.05) is 0 Å². The largest absolute Gasteiger partial charge is 0.309 e. The highest BCUT2D eigenvalue weighted by Crippen LogP contribution is 2.38. The van der Waals surface area contributed by atoms with Crippen molar-refractivity contribution in [2.24, 2.45) is 11.8 Å². The molecule has 106 valence electrons. The standard InChI is InChI=1S/C15H22Cl2N2/c1-3-18-14(11-6-4-5-10(2)7-11)15-13(17)8-12(16)9-19-15/h8-11,14,18H,3-7H2,1-2H3. The van der Waals surface area contributed by atoms with E-state index in [1.165, 1.54) is 25.7 Å². The summed E-state index contributed by atoms with van der Waals surface area (Å²) in [5.41, 5.74) is 0.951. The minimum absolute atomic E-state index is 0.248. The third kappa shape index (κ3) is 3.84. The van der Waals surface area contributed by atoms with Crippen molar-refractivity contribution < 1.29 is 0 Å². The highest BCUT2D eigenvalue weighted by atomic mass is 35.5. The molecule has 1 aromatic heterocycles. The minimum atomic E-state index is 0.248. The second-order valence-electron chi connectivity index (χ2n) is 5.59. The van der Waals surface area contributed by atoms with Gasteiger partial charge in [-0.05, 0) is 37.3 Å². The molecule has 0 amide bonds. The lowest BCUT2D eigenvalue weighted by Gasteiger charge is -2.33. The molecule has 1 aromatic rings. The van der Waals surface area contributed by atoms with Gasteiger partial charge in [0.05, 0.1) is 21.8 Å². The highest BCUT2D eigenvalue weighted by molar-refractivity contribution is 6.34. The summed E-state index contributed by atoms with van der Waals surface area (Å²) in [6.07, 6.45) is 6.84. The van der Waals surface area contributed by atoms with E-state index < -0.39 is 0 Å². The highest BCUT2D eigenvalue weighted by Gasteiger charge is 2.29. The maximum atomic E-state index is 6.33. The first-order chi connectivity index (χ1) is 9.11. The molecule has 1 fully saturated rings. The molecule has 1 saturated carbocycles. The van der Waals surface area contributed by atoms with Gasteiger partial charge in [-0.25, -0.2) is 0 Å². The van der Waals surface area contributed by atoms with Crippen LogP contribution >= 0.6 is 23.2 Å². The zero-order chi connectivity index (χ0) is 13.8. The zero-order valence-corrected chi connectivity index (χ0v) is 13.1. The van der Waals surface area contributed by atoms with Crippen LogP contribution in [0.1, 0.15) is 51.3 Å². The Morgan fingerprint density at radius 3 is 2.84 bits per heavy atom. The van der Waals surface area contributed by atoms with Crippen molar-refractivity contribution in [2.75, 3.05) is 6.54 Å². The van der Waals surface area contributed by atoms with Gasteiger partial charge in [0, 0.05) is 6.20 Å². The molecule has 1 aliphatic carbocycles. The van der Waals surface area contributed by atoms with Gasteiger partial charge in [0.15, 0.2) is 0 Å². The molecule has 0 bridgehead atoms. The van der Waals surface area contributed by atoms with E-state index in [4.69, 9.17) is 23.2 Å². The molecule has 0 radical (unpaired) electrons. The van der Waals surface area contributed by atoms with Crippen LogP contribution in [-0.2, 0) is 0 Å². The van der Waals surface area contributed by atoms with Gasteiger partial charge >= 0.3 is 0 Å². The Kier molecular flexibility index (Phi) is 5.49. The van der Waals surface area contributed by atoms with Crippen molar-refractivity contribution in [3.8, 4) is 0 Å². The second kappa shape index (κ2) is 6.92.